The van der Waals surface area contributed by atoms with Gasteiger partial charge in [-0.05, 0) is 94.1 Å². The maximum atomic E-state index is 15.5. The number of hydrogen-bond acceptors (Lipinski definition) is 13. The van der Waals surface area contributed by atoms with E-state index in [9.17, 15) is 43.5 Å². The Bertz CT molecular complexity index is 2940. The summed E-state index contributed by atoms with van der Waals surface area (Å²) in [7, 11) is 8.27. The number of rotatable bonds is 18. The minimum atomic E-state index is -1.76. The largest absolute Gasteiger partial charge is 0.391 e. The molecule has 0 aliphatic carbocycles. The van der Waals surface area contributed by atoms with Gasteiger partial charge in [-0.3, -0.25) is 57.5 Å². The van der Waals surface area contributed by atoms with Gasteiger partial charge in [0.15, 0.2) is 5.78 Å². The van der Waals surface area contributed by atoms with Crippen LogP contribution in [0.2, 0.25) is 0 Å². The third-order valence-corrected chi connectivity index (χ3v) is 18.6. The Kier molecular flexibility index (Phi) is 30.3. The normalized spacial score (nSPS) is 25.1. The van der Waals surface area contributed by atoms with Crippen LogP contribution in [0.4, 0.5) is 0 Å². The molecule has 24 heteroatoms. The molecule has 11 amide bonds. The number of aliphatic hydroxyl groups is 1. The van der Waals surface area contributed by atoms with Crippen LogP contribution in [0.15, 0.2) is 60.7 Å². The van der Waals surface area contributed by atoms with Gasteiger partial charge in [-0.15, -0.1) is 0 Å². The molecule has 5 N–H and O–H groups in total. The number of amides is 11. The van der Waals surface area contributed by atoms with E-state index in [0.717, 1.165) is 34.0 Å². The van der Waals surface area contributed by atoms with E-state index in [1.165, 1.54) is 77.8 Å². The predicted octanol–water partition coefficient (Wildman–Crippen LogP) is 3.60. The first-order valence-electron chi connectivity index (χ1n) is 33.4. The Labute approximate surface area is 557 Å². The van der Waals surface area contributed by atoms with Gasteiger partial charge >= 0.3 is 0 Å². The average molecular weight is 1310 g/mol. The van der Waals surface area contributed by atoms with Gasteiger partial charge < -0.3 is 60.7 Å². The van der Waals surface area contributed by atoms with Crippen molar-refractivity contribution in [3.8, 4) is 0 Å². The summed E-state index contributed by atoms with van der Waals surface area (Å²) in [5.74, 6) is -11.0. The highest BCUT2D eigenvalue weighted by Crippen LogP contribution is 2.25. The SMILES string of the molecule is CC[C@H](C)[C@H]1C(=O)N[C@H](C(=O)N(C)[C@@H](Cc2ccccc2)C(=O)C[C@@H](C)C(=O)N2CCCCC2)CC(=O)N[C@@H](C)C(=O)N(C)[C@@H](Cc2ccccc2)C(=O)N(C)[C@@H](CC(C)C)C(=O)N[C@@H]([C@@H](C)O)C(=O)N(C)[C@@H](C)C(=O)N[C@@H](C(C)C)C(=O)N(C)[C@@H](CC(C)C)C(=O)N1C. The number of carbonyl (C=O) groups is 12. The van der Waals surface area contributed by atoms with Gasteiger partial charge in [0.25, 0.3) is 0 Å². The summed E-state index contributed by atoms with van der Waals surface area (Å²) in [5.41, 5.74) is 1.31. The Morgan fingerprint density at radius 1 is 0.574 bits per heavy atom. The molecule has 522 valence electrons. The minimum absolute atomic E-state index is 0.00604. The molecule has 0 bridgehead atoms. The Balaban J connectivity index is 1.96. The standard InChI is InChI=1S/C70H109N11O13/c1-19-44(8)60-63(87)72-51(66(90)76(14)52(38-49-29-23-20-24-30-49)56(83)37-45(9)64(88)81-33-27-22-28-34-81)40-57(84)71-46(10)65(89)78(16)55(39-50-31-25-21-26-32-50)67(91)77(15)53(35-41(2)3)62(86)74-59(48(12)82)70(94)75(13)47(11)61(85)73-58(43(6)7)69(93)79(17)54(36-42(4)5)68(92)80(60)18/h20-21,23-26,29-32,41-48,51-55,58-60,82H,19,22,27-28,33-40H2,1-18H3,(H,71,84)(H,72,87)(H,73,85)(H,74,86)/t44-,45+,46-,47-,48+,51-,52-,53-,54-,55-,58-,59-,60-/m0/s1. The van der Waals surface area contributed by atoms with Gasteiger partial charge in [0.05, 0.1) is 18.6 Å². The van der Waals surface area contributed by atoms with E-state index < -0.39 is 156 Å². The van der Waals surface area contributed by atoms with Crippen molar-refractivity contribution in [1.82, 2.24) is 55.6 Å². The smallest absolute Gasteiger partial charge is 0.248 e. The Morgan fingerprint density at radius 2 is 1.07 bits per heavy atom. The monoisotopic (exact) mass is 1310 g/mol. The van der Waals surface area contributed by atoms with Crippen LogP contribution >= 0.6 is 0 Å². The highest BCUT2D eigenvalue weighted by atomic mass is 16.3. The van der Waals surface area contributed by atoms with Crippen LogP contribution in [0, 0.1) is 29.6 Å². The lowest BCUT2D eigenvalue weighted by atomic mass is 9.92. The van der Waals surface area contributed by atoms with Gasteiger partial charge in [-0.1, -0.05) is 129 Å². The van der Waals surface area contributed by atoms with E-state index in [1.807, 2.05) is 27.7 Å². The molecule has 94 heavy (non-hydrogen) atoms. The fourth-order valence-corrected chi connectivity index (χ4v) is 12.3. The molecule has 24 nitrogen and oxygen atoms in total. The van der Waals surface area contributed by atoms with E-state index in [-0.39, 0.29) is 49.8 Å². The van der Waals surface area contributed by atoms with Gasteiger partial charge in [0.1, 0.15) is 54.4 Å². The van der Waals surface area contributed by atoms with Crippen molar-refractivity contribution in [3.63, 3.8) is 0 Å². The van der Waals surface area contributed by atoms with E-state index in [4.69, 9.17) is 0 Å². The molecule has 2 heterocycles. The van der Waals surface area contributed by atoms with E-state index in [2.05, 4.69) is 21.3 Å². The highest BCUT2D eigenvalue weighted by Gasteiger charge is 2.45. The van der Waals surface area contributed by atoms with E-state index in [0.29, 0.717) is 30.6 Å². The van der Waals surface area contributed by atoms with Gasteiger partial charge in [0, 0.05) is 74.1 Å². The predicted molar refractivity (Wildman–Crippen MR) is 357 cm³/mol. The van der Waals surface area contributed by atoms with Crippen molar-refractivity contribution in [2.24, 2.45) is 29.6 Å². The fourth-order valence-electron chi connectivity index (χ4n) is 12.3. The second-order valence-corrected chi connectivity index (χ2v) is 27.4. The van der Waals surface area contributed by atoms with Crippen molar-refractivity contribution in [3.05, 3.63) is 71.8 Å². The summed E-state index contributed by atoms with van der Waals surface area (Å²) in [6.45, 7) is 21.1. The van der Waals surface area contributed by atoms with Crippen LogP contribution in [0.25, 0.3) is 0 Å². The third-order valence-electron chi connectivity index (χ3n) is 18.6. The van der Waals surface area contributed by atoms with E-state index in [1.54, 1.807) is 100 Å². The maximum Gasteiger partial charge on any atom is 0.248 e. The summed E-state index contributed by atoms with van der Waals surface area (Å²) in [5, 5.41) is 22.1. The van der Waals surface area contributed by atoms with Crippen molar-refractivity contribution in [1.29, 1.82) is 0 Å². The van der Waals surface area contributed by atoms with Gasteiger partial charge in [-0.2, -0.15) is 0 Å². The number of aliphatic hydroxyl groups excluding tert-OH is 1. The lowest BCUT2D eigenvalue weighted by molar-refractivity contribution is -0.152. The van der Waals surface area contributed by atoms with Crippen LogP contribution in [-0.4, -0.2) is 232 Å². The zero-order valence-electron chi connectivity index (χ0n) is 59.0. The first-order valence-corrected chi connectivity index (χ1v) is 33.4. The molecule has 13 atom stereocenters. The number of likely N-dealkylation sites (tertiary alicyclic amines) is 1. The van der Waals surface area contributed by atoms with Crippen LogP contribution < -0.4 is 21.3 Å². The van der Waals surface area contributed by atoms with Crippen LogP contribution in [0.3, 0.4) is 0 Å². The number of benzene rings is 2. The van der Waals surface area contributed by atoms with Gasteiger partial charge in [0.2, 0.25) is 65.0 Å². The summed E-state index contributed by atoms with van der Waals surface area (Å²) in [6, 6.07) is 3.87. The molecule has 2 aliphatic heterocycles. The molecule has 0 saturated carbocycles. The maximum absolute atomic E-state index is 15.5. The second-order valence-electron chi connectivity index (χ2n) is 27.4. The molecule has 0 radical (unpaired) electrons. The number of nitrogens with one attached hydrogen (secondary N) is 4. The van der Waals surface area contributed by atoms with Crippen molar-refractivity contribution in [2.45, 2.75) is 214 Å². The number of hydrogen-bond donors (Lipinski definition) is 5. The molecule has 2 saturated heterocycles. The lowest BCUT2D eigenvalue weighted by Crippen LogP contribution is -2.63. The molecular formula is C70H109N11O13. The number of likely N-dealkylation sites (N-methyl/N-ethyl adjacent to an activating group) is 6. The molecule has 0 spiro atoms. The van der Waals surface area contributed by atoms with Crippen molar-refractivity contribution >= 4 is 70.8 Å². The quantitative estimate of drug-likeness (QED) is 0.143. The van der Waals surface area contributed by atoms with Crippen LogP contribution in [0.1, 0.15) is 146 Å². The molecule has 2 fully saturated rings. The number of Topliss-reactive ketones (excluding diaryl/α,β-unsaturated/α-hetero) is 1. The average Bonchev–Trinajstić information content (AvgIpc) is 0.825. The minimum Gasteiger partial charge on any atom is -0.391 e. The summed E-state index contributed by atoms with van der Waals surface area (Å²) in [4.78, 5) is 187. The third kappa shape index (κ3) is 21.1. The molecular weight excluding hydrogens is 1200 g/mol. The topological polar surface area (TPSA) is 296 Å². The molecule has 0 aromatic heterocycles. The van der Waals surface area contributed by atoms with Crippen molar-refractivity contribution in [2.75, 3.05) is 55.4 Å². The van der Waals surface area contributed by atoms with Crippen molar-refractivity contribution < 1.29 is 62.6 Å². The van der Waals surface area contributed by atoms with Crippen LogP contribution in [-0.2, 0) is 70.4 Å². The Morgan fingerprint density at radius 3 is 1.61 bits per heavy atom. The second kappa shape index (κ2) is 36.2. The summed E-state index contributed by atoms with van der Waals surface area (Å²) >= 11 is 0. The molecule has 2 aromatic rings. The summed E-state index contributed by atoms with van der Waals surface area (Å²) < 4.78 is 0. The highest BCUT2D eigenvalue weighted by molar-refractivity contribution is 6.01. The first kappa shape index (κ1) is 78.7. The lowest BCUT2D eigenvalue weighted by Gasteiger charge is -2.39. The first-order chi connectivity index (χ1) is 44.1. The zero-order chi connectivity index (χ0) is 70.7. The molecule has 0 unspecified atom stereocenters. The van der Waals surface area contributed by atoms with E-state index >= 15 is 19.2 Å². The Hall–Kier alpha value is -7.76. The number of piperidine rings is 1. The molecule has 2 aliphatic rings. The zero-order valence-corrected chi connectivity index (χ0v) is 59.0. The molecule has 2 aromatic carbocycles. The number of nitrogens with zero attached hydrogens (tertiary/aromatic N) is 7. The molecule has 4 rings (SSSR count). The summed E-state index contributed by atoms with van der Waals surface area (Å²) in [6.07, 6.45) is 0.468. The number of ketones is 1. The number of carbonyl (C=O) groups excluding carboxylic acids is 12. The van der Waals surface area contributed by atoms with Crippen LogP contribution in [0.5, 0.6) is 0 Å². The fraction of sp³-hybridized carbons (Fsp3) is 0.657. The van der Waals surface area contributed by atoms with Gasteiger partial charge in [-0.25, -0.2) is 0 Å².